The largest absolute Gasteiger partial charge is 0.481 e. The van der Waals surface area contributed by atoms with E-state index in [4.69, 9.17) is 26.0 Å². The van der Waals surface area contributed by atoms with Gasteiger partial charge in [0.25, 0.3) is 5.89 Å². The highest BCUT2D eigenvalue weighted by Crippen LogP contribution is 2.29. The average Bonchev–Trinajstić information content (AvgIpc) is 3.34. The van der Waals surface area contributed by atoms with Crippen LogP contribution < -0.4 is 4.74 Å². The van der Waals surface area contributed by atoms with Crippen LogP contribution >= 0.6 is 11.6 Å². The third kappa shape index (κ3) is 4.11. The van der Waals surface area contributed by atoms with E-state index in [0.29, 0.717) is 28.8 Å². The number of hydrogen-bond donors (Lipinski definition) is 1. The van der Waals surface area contributed by atoms with Crippen LogP contribution in [0.3, 0.4) is 0 Å². The molecule has 10 heteroatoms. The van der Waals surface area contributed by atoms with Crippen LogP contribution in [0.15, 0.2) is 41.2 Å². The number of hydrogen-bond acceptors (Lipinski definition) is 7. The maximum absolute atomic E-state index is 10.8. The van der Waals surface area contributed by atoms with Crippen molar-refractivity contribution < 1.29 is 19.2 Å². The molecule has 0 saturated heterocycles. The van der Waals surface area contributed by atoms with Gasteiger partial charge in [-0.15, -0.1) is 0 Å². The Hall–Kier alpha value is -3.46. The Morgan fingerprint density at radius 1 is 1.27 bits per heavy atom. The molecule has 154 valence electrons. The van der Waals surface area contributed by atoms with Crippen molar-refractivity contribution in [1.82, 2.24) is 24.9 Å². The maximum Gasteiger partial charge on any atom is 0.305 e. The number of aromatic nitrogens is 5. The second kappa shape index (κ2) is 8.11. The Kier molecular flexibility index (Phi) is 5.37. The smallest absolute Gasteiger partial charge is 0.305 e. The molecule has 1 aromatic carbocycles. The lowest BCUT2D eigenvalue weighted by atomic mass is 10.1. The number of benzene rings is 1. The number of carbonyl (C=O) groups is 1. The Labute approximate surface area is 176 Å². The molecule has 4 rings (SSSR count). The van der Waals surface area contributed by atoms with Crippen LogP contribution in [0.4, 0.5) is 0 Å². The van der Waals surface area contributed by atoms with Gasteiger partial charge in [0.1, 0.15) is 5.02 Å². The first-order valence-corrected chi connectivity index (χ1v) is 9.62. The second-order valence-corrected chi connectivity index (χ2v) is 7.29. The normalized spacial score (nSPS) is 11.3. The van der Waals surface area contributed by atoms with Gasteiger partial charge in [0, 0.05) is 17.1 Å². The third-order valence-corrected chi connectivity index (χ3v) is 4.54. The molecule has 4 aromatic rings. The summed E-state index contributed by atoms with van der Waals surface area (Å²) in [4.78, 5) is 19.4. The highest BCUT2D eigenvalue weighted by atomic mass is 35.5. The number of aliphatic carboxylic acids is 1. The van der Waals surface area contributed by atoms with Gasteiger partial charge in [0.2, 0.25) is 11.7 Å². The Morgan fingerprint density at radius 3 is 2.83 bits per heavy atom. The zero-order valence-electron chi connectivity index (χ0n) is 16.2. The highest BCUT2D eigenvalue weighted by Gasteiger charge is 2.15. The van der Waals surface area contributed by atoms with Crippen molar-refractivity contribution in [3.05, 3.63) is 41.7 Å². The van der Waals surface area contributed by atoms with Crippen molar-refractivity contribution in [1.29, 1.82) is 0 Å². The minimum Gasteiger partial charge on any atom is -0.481 e. The molecule has 0 unspecified atom stereocenters. The van der Waals surface area contributed by atoms with Crippen LogP contribution in [-0.4, -0.2) is 42.1 Å². The second-order valence-electron chi connectivity index (χ2n) is 6.89. The molecule has 3 heterocycles. The summed E-state index contributed by atoms with van der Waals surface area (Å²) in [5.74, 6) is 0.171. The van der Waals surface area contributed by atoms with Crippen LogP contribution in [0.2, 0.25) is 5.02 Å². The number of carboxylic acid groups (broad SMARTS) is 1. The topological polar surface area (TPSA) is 116 Å². The number of ether oxygens (including phenoxy) is 1. The predicted molar refractivity (Wildman–Crippen MR) is 109 cm³/mol. The first-order chi connectivity index (χ1) is 14.4. The molecular formula is C20H18ClN5O4. The van der Waals surface area contributed by atoms with E-state index in [1.807, 2.05) is 32.0 Å². The lowest BCUT2D eigenvalue weighted by molar-refractivity contribution is -0.137. The van der Waals surface area contributed by atoms with Crippen molar-refractivity contribution >= 4 is 28.5 Å². The van der Waals surface area contributed by atoms with Crippen LogP contribution in [0.5, 0.6) is 5.88 Å². The van der Waals surface area contributed by atoms with E-state index in [1.54, 1.807) is 23.1 Å². The molecule has 30 heavy (non-hydrogen) atoms. The summed E-state index contributed by atoms with van der Waals surface area (Å²) in [6.45, 7) is 4.08. The van der Waals surface area contributed by atoms with Crippen molar-refractivity contribution in [2.45, 2.75) is 32.9 Å². The number of aryl methyl sites for hydroxylation is 1. The highest BCUT2D eigenvalue weighted by molar-refractivity contribution is 6.32. The van der Waals surface area contributed by atoms with Crippen LogP contribution in [-0.2, 0) is 11.3 Å². The molecule has 0 atom stereocenters. The number of carboxylic acids is 1. The number of halogens is 1. The van der Waals surface area contributed by atoms with E-state index in [0.717, 1.165) is 16.5 Å². The number of fused-ring (bicyclic) bond motifs is 1. The van der Waals surface area contributed by atoms with Crippen molar-refractivity contribution in [2.75, 3.05) is 0 Å². The first kappa shape index (κ1) is 19.8. The van der Waals surface area contributed by atoms with Crippen LogP contribution in [0.25, 0.3) is 33.7 Å². The van der Waals surface area contributed by atoms with E-state index < -0.39 is 5.97 Å². The molecule has 0 aliphatic carbocycles. The average molecular weight is 428 g/mol. The Morgan fingerprint density at radius 2 is 2.10 bits per heavy atom. The van der Waals surface area contributed by atoms with Crippen LogP contribution in [0, 0.1) is 0 Å². The summed E-state index contributed by atoms with van der Waals surface area (Å²) in [5, 5.41) is 18.4. The van der Waals surface area contributed by atoms with E-state index in [2.05, 4.69) is 20.2 Å². The van der Waals surface area contributed by atoms with Gasteiger partial charge in [-0.05, 0) is 38.1 Å². The minimum absolute atomic E-state index is 0.00429. The van der Waals surface area contributed by atoms with E-state index in [-0.39, 0.29) is 18.4 Å². The lowest BCUT2D eigenvalue weighted by Crippen LogP contribution is -2.07. The monoisotopic (exact) mass is 427 g/mol. The number of rotatable bonds is 7. The van der Waals surface area contributed by atoms with Gasteiger partial charge in [-0.1, -0.05) is 16.8 Å². The van der Waals surface area contributed by atoms with Gasteiger partial charge in [0.05, 0.1) is 36.3 Å². The summed E-state index contributed by atoms with van der Waals surface area (Å²) in [7, 11) is 0. The quantitative estimate of drug-likeness (QED) is 0.469. The van der Waals surface area contributed by atoms with E-state index >= 15 is 0 Å². The van der Waals surface area contributed by atoms with Gasteiger partial charge in [0.15, 0.2) is 0 Å². The van der Waals surface area contributed by atoms with Gasteiger partial charge in [-0.2, -0.15) is 10.1 Å². The summed E-state index contributed by atoms with van der Waals surface area (Å²) in [6, 6.07) is 7.23. The van der Waals surface area contributed by atoms with Crippen molar-refractivity contribution in [2.24, 2.45) is 0 Å². The molecule has 9 nitrogen and oxygen atoms in total. The number of pyridine rings is 1. The standard InChI is InChI=1S/C20H18ClN5O4/c1-11(2)29-20-15(21)8-14(9-22-20)19-24-18(25-30-19)12-3-4-16-13(7-12)10-23-26(16)6-5-17(27)28/h3-4,7-11H,5-6H2,1-2H3,(H,27,28). The fourth-order valence-corrected chi connectivity index (χ4v) is 3.13. The summed E-state index contributed by atoms with van der Waals surface area (Å²) >= 11 is 6.24. The zero-order chi connectivity index (χ0) is 21.3. The zero-order valence-corrected chi connectivity index (χ0v) is 17.0. The predicted octanol–water partition coefficient (Wildman–Crippen LogP) is 4.06. The van der Waals surface area contributed by atoms with Crippen LogP contribution in [0.1, 0.15) is 20.3 Å². The number of nitrogens with zero attached hydrogens (tertiary/aromatic N) is 5. The molecule has 0 fully saturated rings. The Balaban J connectivity index is 1.58. The summed E-state index contributed by atoms with van der Waals surface area (Å²) in [6.07, 6.45) is 3.21. The summed E-state index contributed by atoms with van der Waals surface area (Å²) in [5.41, 5.74) is 2.16. The van der Waals surface area contributed by atoms with E-state index in [1.165, 1.54) is 0 Å². The summed E-state index contributed by atoms with van der Waals surface area (Å²) < 4.78 is 12.6. The van der Waals surface area contributed by atoms with Crippen molar-refractivity contribution in [3.63, 3.8) is 0 Å². The molecule has 0 amide bonds. The molecule has 3 aromatic heterocycles. The molecule has 0 aliphatic rings. The Bertz CT molecular complexity index is 1220. The van der Waals surface area contributed by atoms with E-state index in [9.17, 15) is 4.79 Å². The van der Waals surface area contributed by atoms with Gasteiger partial charge >= 0.3 is 5.97 Å². The molecule has 0 saturated carbocycles. The van der Waals surface area contributed by atoms with Gasteiger partial charge in [-0.25, -0.2) is 4.98 Å². The first-order valence-electron chi connectivity index (χ1n) is 9.24. The molecule has 0 bridgehead atoms. The van der Waals surface area contributed by atoms with Gasteiger partial charge in [-0.3, -0.25) is 9.48 Å². The third-order valence-electron chi connectivity index (χ3n) is 4.27. The molecule has 0 aliphatic heterocycles. The lowest BCUT2D eigenvalue weighted by Gasteiger charge is -2.09. The molecular weight excluding hydrogens is 410 g/mol. The fraction of sp³-hybridized carbons (Fsp3) is 0.250. The SMILES string of the molecule is CC(C)Oc1ncc(-c2nc(-c3ccc4c(cnn4CCC(=O)O)c3)no2)cc1Cl. The molecule has 0 spiro atoms. The maximum atomic E-state index is 10.8. The molecule has 1 N–H and O–H groups in total. The fourth-order valence-electron chi connectivity index (χ4n) is 2.92. The van der Waals surface area contributed by atoms with Gasteiger partial charge < -0.3 is 14.4 Å². The minimum atomic E-state index is -0.868. The van der Waals surface area contributed by atoms with Crippen molar-refractivity contribution in [3.8, 4) is 28.7 Å². The molecule has 0 radical (unpaired) electrons.